The highest BCUT2D eigenvalue weighted by Gasteiger charge is 2.27. The summed E-state index contributed by atoms with van der Waals surface area (Å²) >= 11 is 0. The van der Waals surface area contributed by atoms with Crippen LogP contribution in [0.25, 0.3) is 0 Å². The fourth-order valence-corrected chi connectivity index (χ4v) is 2.53. The van der Waals surface area contributed by atoms with Crippen molar-refractivity contribution in [2.45, 2.75) is 40.2 Å². The van der Waals surface area contributed by atoms with Crippen LogP contribution in [0.2, 0.25) is 0 Å². The van der Waals surface area contributed by atoms with Crippen LogP contribution < -0.4 is 5.32 Å². The molecule has 0 saturated carbocycles. The molecule has 0 aliphatic carbocycles. The van der Waals surface area contributed by atoms with E-state index in [1.807, 2.05) is 11.0 Å². The molecule has 1 aromatic carbocycles. The van der Waals surface area contributed by atoms with Crippen LogP contribution >= 0.6 is 0 Å². The van der Waals surface area contributed by atoms with E-state index in [0.29, 0.717) is 24.1 Å². The second kappa shape index (κ2) is 6.56. The maximum Gasteiger partial charge on any atom is 0.236 e. The first-order chi connectivity index (χ1) is 9.87. The third-order valence-corrected chi connectivity index (χ3v) is 4.31. The molecule has 21 heavy (non-hydrogen) atoms. The molecule has 1 aliphatic heterocycles. The Bertz CT molecular complexity index is 504. The standard InChI is InChI=1S/C17H25FN2O/c1-13-4-5-14(10-15(13)18)11-19-12-16(21)20-8-6-17(2,3)7-9-20/h4-5,10,19H,6-9,11-12H2,1-3H3. The van der Waals surface area contributed by atoms with Crippen LogP contribution in [0.1, 0.15) is 37.8 Å². The number of rotatable bonds is 4. The summed E-state index contributed by atoms with van der Waals surface area (Å²) in [4.78, 5) is 14.0. The fraction of sp³-hybridized carbons (Fsp3) is 0.588. The summed E-state index contributed by atoms with van der Waals surface area (Å²) in [5.41, 5.74) is 1.86. The molecule has 1 saturated heterocycles. The van der Waals surface area contributed by atoms with E-state index in [1.165, 1.54) is 6.07 Å². The lowest BCUT2D eigenvalue weighted by atomic mass is 9.83. The summed E-state index contributed by atoms with van der Waals surface area (Å²) < 4.78 is 13.4. The van der Waals surface area contributed by atoms with Crippen LogP contribution in [0, 0.1) is 18.2 Å². The van der Waals surface area contributed by atoms with Gasteiger partial charge in [-0.3, -0.25) is 4.79 Å². The first-order valence-corrected chi connectivity index (χ1v) is 7.61. The molecule has 1 N–H and O–H groups in total. The number of carbonyl (C=O) groups is 1. The maximum atomic E-state index is 13.4. The largest absolute Gasteiger partial charge is 0.342 e. The highest BCUT2D eigenvalue weighted by atomic mass is 19.1. The van der Waals surface area contributed by atoms with E-state index in [-0.39, 0.29) is 11.7 Å². The zero-order valence-electron chi connectivity index (χ0n) is 13.2. The van der Waals surface area contributed by atoms with Crippen LogP contribution in [0.15, 0.2) is 18.2 Å². The Labute approximate surface area is 126 Å². The van der Waals surface area contributed by atoms with Gasteiger partial charge in [0.15, 0.2) is 0 Å². The lowest BCUT2D eigenvalue weighted by molar-refractivity contribution is -0.132. The van der Waals surface area contributed by atoms with E-state index in [4.69, 9.17) is 0 Å². The topological polar surface area (TPSA) is 32.3 Å². The van der Waals surface area contributed by atoms with Crippen molar-refractivity contribution in [1.29, 1.82) is 0 Å². The van der Waals surface area contributed by atoms with Crippen LogP contribution in [0.4, 0.5) is 4.39 Å². The number of nitrogens with zero attached hydrogens (tertiary/aromatic N) is 1. The van der Waals surface area contributed by atoms with Gasteiger partial charge in [0.1, 0.15) is 5.82 Å². The van der Waals surface area contributed by atoms with Crippen molar-refractivity contribution in [3.63, 3.8) is 0 Å². The Morgan fingerprint density at radius 1 is 1.33 bits per heavy atom. The van der Waals surface area contributed by atoms with E-state index < -0.39 is 0 Å². The van der Waals surface area contributed by atoms with Crippen molar-refractivity contribution < 1.29 is 9.18 Å². The molecule has 4 heteroatoms. The van der Waals surface area contributed by atoms with Gasteiger partial charge in [-0.15, -0.1) is 0 Å². The van der Waals surface area contributed by atoms with Crippen molar-refractivity contribution in [2.75, 3.05) is 19.6 Å². The molecule has 0 atom stereocenters. The molecular weight excluding hydrogens is 267 g/mol. The Hall–Kier alpha value is -1.42. The van der Waals surface area contributed by atoms with Gasteiger partial charge in [-0.25, -0.2) is 4.39 Å². The summed E-state index contributed by atoms with van der Waals surface area (Å²) in [5, 5.41) is 3.11. The van der Waals surface area contributed by atoms with Crippen molar-refractivity contribution >= 4 is 5.91 Å². The van der Waals surface area contributed by atoms with Gasteiger partial charge in [0.05, 0.1) is 6.54 Å². The van der Waals surface area contributed by atoms with Gasteiger partial charge in [0, 0.05) is 19.6 Å². The van der Waals surface area contributed by atoms with Crippen molar-refractivity contribution in [3.8, 4) is 0 Å². The number of hydrogen-bond donors (Lipinski definition) is 1. The SMILES string of the molecule is Cc1ccc(CNCC(=O)N2CCC(C)(C)CC2)cc1F. The number of likely N-dealkylation sites (tertiary alicyclic amines) is 1. The van der Waals surface area contributed by atoms with Gasteiger partial charge < -0.3 is 10.2 Å². The highest BCUT2D eigenvalue weighted by molar-refractivity contribution is 5.78. The molecule has 0 radical (unpaired) electrons. The molecule has 1 fully saturated rings. The molecule has 1 amide bonds. The van der Waals surface area contributed by atoms with Crippen LogP contribution in [0.5, 0.6) is 0 Å². The quantitative estimate of drug-likeness (QED) is 0.925. The van der Waals surface area contributed by atoms with Gasteiger partial charge in [0.25, 0.3) is 0 Å². The molecule has 0 aromatic heterocycles. The minimum absolute atomic E-state index is 0.137. The second-order valence-electron chi connectivity index (χ2n) is 6.73. The number of halogens is 1. The van der Waals surface area contributed by atoms with Gasteiger partial charge in [-0.05, 0) is 42.4 Å². The summed E-state index contributed by atoms with van der Waals surface area (Å²) in [6, 6.07) is 5.18. The van der Waals surface area contributed by atoms with E-state index in [0.717, 1.165) is 31.5 Å². The van der Waals surface area contributed by atoms with E-state index in [9.17, 15) is 9.18 Å². The molecule has 0 bridgehead atoms. The number of benzene rings is 1. The Morgan fingerprint density at radius 2 is 2.00 bits per heavy atom. The molecule has 0 spiro atoms. The van der Waals surface area contributed by atoms with Crippen molar-refractivity contribution in [1.82, 2.24) is 10.2 Å². The Morgan fingerprint density at radius 3 is 2.62 bits per heavy atom. The van der Waals surface area contributed by atoms with Gasteiger partial charge in [-0.1, -0.05) is 26.0 Å². The maximum absolute atomic E-state index is 13.4. The average Bonchev–Trinajstić information content (AvgIpc) is 2.42. The molecule has 1 heterocycles. The molecule has 1 aliphatic rings. The zero-order chi connectivity index (χ0) is 15.5. The first kappa shape index (κ1) is 16.0. The normalized spacial score (nSPS) is 17.8. The molecular formula is C17H25FN2O. The predicted octanol–water partition coefficient (Wildman–Crippen LogP) is 2.87. The van der Waals surface area contributed by atoms with E-state index in [2.05, 4.69) is 19.2 Å². The molecule has 1 aromatic rings. The Balaban J connectivity index is 1.75. The average molecular weight is 292 g/mol. The summed E-state index contributed by atoms with van der Waals surface area (Å²) in [6.45, 7) is 8.75. The molecule has 0 unspecified atom stereocenters. The fourth-order valence-electron chi connectivity index (χ4n) is 2.53. The third-order valence-electron chi connectivity index (χ3n) is 4.31. The minimum atomic E-state index is -0.195. The minimum Gasteiger partial charge on any atom is -0.342 e. The van der Waals surface area contributed by atoms with Crippen LogP contribution in [0.3, 0.4) is 0 Å². The van der Waals surface area contributed by atoms with Crippen LogP contribution in [-0.4, -0.2) is 30.4 Å². The lowest BCUT2D eigenvalue weighted by Crippen LogP contribution is -2.44. The first-order valence-electron chi connectivity index (χ1n) is 7.61. The smallest absolute Gasteiger partial charge is 0.236 e. The van der Waals surface area contributed by atoms with E-state index >= 15 is 0 Å². The molecule has 2 rings (SSSR count). The lowest BCUT2D eigenvalue weighted by Gasteiger charge is -2.37. The number of amides is 1. The number of carbonyl (C=O) groups excluding carboxylic acids is 1. The van der Waals surface area contributed by atoms with Gasteiger partial charge in [-0.2, -0.15) is 0 Å². The number of aryl methyl sites for hydroxylation is 1. The Kier molecular flexibility index (Phi) is 4.99. The summed E-state index contributed by atoms with van der Waals surface area (Å²) in [5.74, 6) is -0.0584. The number of piperidine rings is 1. The summed E-state index contributed by atoms with van der Waals surface area (Å²) in [7, 11) is 0. The number of hydrogen-bond acceptors (Lipinski definition) is 2. The third kappa shape index (κ3) is 4.53. The molecule has 116 valence electrons. The predicted molar refractivity (Wildman–Crippen MR) is 82.4 cm³/mol. The van der Waals surface area contributed by atoms with Crippen LogP contribution in [-0.2, 0) is 11.3 Å². The second-order valence-corrected chi connectivity index (χ2v) is 6.73. The van der Waals surface area contributed by atoms with Crippen molar-refractivity contribution in [2.24, 2.45) is 5.41 Å². The van der Waals surface area contributed by atoms with Gasteiger partial charge in [0.2, 0.25) is 5.91 Å². The van der Waals surface area contributed by atoms with E-state index in [1.54, 1.807) is 13.0 Å². The summed E-state index contributed by atoms with van der Waals surface area (Å²) in [6.07, 6.45) is 2.11. The zero-order valence-corrected chi connectivity index (χ0v) is 13.2. The molecule has 3 nitrogen and oxygen atoms in total. The highest BCUT2D eigenvalue weighted by Crippen LogP contribution is 2.29. The van der Waals surface area contributed by atoms with Gasteiger partial charge >= 0.3 is 0 Å². The monoisotopic (exact) mass is 292 g/mol. The van der Waals surface area contributed by atoms with Crippen molar-refractivity contribution in [3.05, 3.63) is 35.1 Å². The number of nitrogens with one attached hydrogen (secondary N) is 1.